The molecule has 208 valence electrons. The third-order valence-electron chi connectivity index (χ3n) is 6.77. The number of amides is 1. The minimum atomic E-state index is -1.13. The Balaban J connectivity index is 1.37. The molecule has 12 heteroatoms. The summed E-state index contributed by atoms with van der Waals surface area (Å²) in [5.74, 6) is 0.605. The van der Waals surface area contributed by atoms with Crippen LogP contribution < -0.4 is 10.9 Å². The lowest BCUT2D eigenvalue weighted by Crippen LogP contribution is -2.27. The van der Waals surface area contributed by atoms with Gasteiger partial charge in [-0.1, -0.05) is 54.1 Å². The molecule has 3 heterocycles. The Morgan fingerprint density at radius 1 is 1.00 bits per heavy atom. The van der Waals surface area contributed by atoms with Crippen LogP contribution in [-0.4, -0.2) is 45.9 Å². The van der Waals surface area contributed by atoms with E-state index < -0.39 is 12.1 Å². The molecule has 6 aromatic rings. The molecule has 1 atom stereocenters. The average molecular weight is 579 g/mol. The Kier molecular flexibility index (Phi) is 7.31. The highest BCUT2D eigenvalue weighted by Gasteiger charge is 2.21. The number of nitrogens with one attached hydrogen (secondary N) is 2. The van der Waals surface area contributed by atoms with Crippen molar-refractivity contribution >= 4 is 23.4 Å². The van der Waals surface area contributed by atoms with Crippen LogP contribution >= 0.6 is 11.6 Å². The fourth-order valence-corrected chi connectivity index (χ4v) is 4.96. The van der Waals surface area contributed by atoms with Crippen LogP contribution in [0, 0.1) is 0 Å². The molecule has 0 saturated heterocycles. The molecule has 0 fully saturated rings. The van der Waals surface area contributed by atoms with Crippen molar-refractivity contribution in [1.29, 1.82) is 0 Å². The minimum absolute atomic E-state index is 0.224. The molecular weight excluding hydrogens is 556 g/mol. The normalized spacial score (nSPS) is 11.7. The summed E-state index contributed by atoms with van der Waals surface area (Å²) >= 11 is 6.32. The summed E-state index contributed by atoms with van der Waals surface area (Å²) in [5.41, 5.74) is 4.79. The van der Waals surface area contributed by atoms with Crippen LogP contribution in [0.5, 0.6) is 0 Å². The van der Waals surface area contributed by atoms with Crippen molar-refractivity contribution in [1.82, 2.24) is 34.7 Å². The summed E-state index contributed by atoms with van der Waals surface area (Å²) in [5, 5.41) is 23.2. The maximum Gasteiger partial charge on any atom is 0.409 e. The molecule has 0 radical (unpaired) electrons. The Morgan fingerprint density at radius 2 is 1.81 bits per heavy atom. The first-order chi connectivity index (χ1) is 20.4. The monoisotopic (exact) mass is 578 g/mol. The summed E-state index contributed by atoms with van der Waals surface area (Å²) < 4.78 is 3.17. The van der Waals surface area contributed by atoms with Crippen molar-refractivity contribution in [2.45, 2.75) is 12.5 Å². The first kappa shape index (κ1) is 26.7. The summed E-state index contributed by atoms with van der Waals surface area (Å²) in [6.45, 7) is 0. The Morgan fingerprint density at radius 3 is 2.52 bits per heavy atom. The first-order valence-electron chi connectivity index (χ1n) is 12.9. The molecule has 0 aliphatic rings. The number of nitrogens with zero attached hydrogens (tertiary/aromatic N) is 6. The highest BCUT2D eigenvalue weighted by molar-refractivity contribution is 6.31. The van der Waals surface area contributed by atoms with E-state index in [0.29, 0.717) is 45.5 Å². The smallest absolute Gasteiger partial charge is 0.409 e. The molecule has 3 aromatic carbocycles. The zero-order valence-electron chi connectivity index (χ0n) is 21.9. The maximum absolute atomic E-state index is 13.7. The van der Waals surface area contributed by atoms with E-state index in [1.165, 1.54) is 11.0 Å². The summed E-state index contributed by atoms with van der Waals surface area (Å²) in [6.07, 6.45) is 4.39. The average Bonchev–Trinajstić information content (AvgIpc) is 3.70. The first-order valence-corrected chi connectivity index (χ1v) is 13.3. The van der Waals surface area contributed by atoms with Gasteiger partial charge >= 0.3 is 6.09 Å². The van der Waals surface area contributed by atoms with Crippen molar-refractivity contribution in [3.05, 3.63) is 130 Å². The Bertz CT molecular complexity index is 1900. The molecule has 0 spiro atoms. The number of aromatic amines is 1. The van der Waals surface area contributed by atoms with Crippen LogP contribution in [0.1, 0.15) is 17.4 Å². The second-order valence-electron chi connectivity index (χ2n) is 9.46. The van der Waals surface area contributed by atoms with Gasteiger partial charge in [-0.15, -0.1) is 5.10 Å². The lowest BCUT2D eigenvalue weighted by Gasteiger charge is -2.19. The molecule has 3 aromatic heterocycles. The van der Waals surface area contributed by atoms with Gasteiger partial charge in [0.25, 0.3) is 5.56 Å². The van der Waals surface area contributed by atoms with Gasteiger partial charge in [0.2, 0.25) is 0 Å². The molecule has 0 aliphatic carbocycles. The van der Waals surface area contributed by atoms with Crippen LogP contribution in [-0.2, 0) is 6.42 Å². The zero-order chi connectivity index (χ0) is 29.1. The predicted octanol–water partition coefficient (Wildman–Crippen LogP) is 5.46. The predicted molar refractivity (Wildman–Crippen MR) is 158 cm³/mol. The van der Waals surface area contributed by atoms with Gasteiger partial charge in [0.1, 0.15) is 12.2 Å². The molecule has 11 nitrogen and oxygen atoms in total. The highest BCUT2D eigenvalue weighted by atomic mass is 35.5. The molecule has 3 N–H and O–H groups in total. The van der Waals surface area contributed by atoms with Crippen molar-refractivity contribution in [3.8, 4) is 28.1 Å². The number of carbonyl (C=O) groups is 1. The van der Waals surface area contributed by atoms with Gasteiger partial charge in [-0.25, -0.2) is 9.78 Å². The van der Waals surface area contributed by atoms with Crippen LogP contribution in [0.25, 0.3) is 28.1 Å². The maximum atomic E-state index is 13.7. The number of hydrogen-bond acceptors (Lipinski definition) is 6. The van der Waals surface area contributed by atoms with E-state index in [0.717, 1.165) is 11.1 Å². The lowest BCUT2D eigenvalue weighted by atomic mass is 10.0. The van der Waals surface area contributed by atoms with E-state index in [1.807, 2.05) is 36.4 Å². The third kappa shape index (κ3) is 5.67. The molecule has 0 bridgehead atoms. The number of tetrazole rings is 1. The van der Waals surface area contributed by atoms with Crippen LogP contribution in [0.2, 0.25) is 5.02 Å². The molecule has 0 saturated carbocycles. The fourth-order valence-electron chi connectivity index (χ4n) is 4.79. The third-order valence-corrected chi connectivity index (χ3v) is 7.00. The number of H-pyrrole nitrogens is 1. The van der Waals surface area contributed by atoms with E-state index in [1.54, 1.807) is 65.5 Å². The van der Waals surface area contributed by atoms with E-state index in [2.05, 4.69) is 25.8 Å². The second kappa shape index (κ2) is 11.5. The highest BCUT2D eigenvalue weighted by Crippen LogP contribution is 2.30. The fraction of sp³-hybridized carbons (Fsp3) is 0.0667. The van der Waals surface area contributed by atoms with Crippen LogP contribution in [0.3, 0.4) is 0 Å². The molecule has 0 unspecified atom stereocenters. The van der Waals surface area contributed by atoms with Gasteiger partial charge in [0.15, 0.2) is 0 Å². The van der Waals surface area contributed by atoms with Crippen molar-refractivity contribution in [2.24, 2.45) is 0 Å². The van der Waals surface area contributed by atoms with Crippen LogP contribution in [0.15, 0.2) is 108 Å². The molecule has 1 amide bonds. The minimum Gasteiger partial charge on any atom is -0.465 e. The number of pyridine rings is 1. The largest absolute Gasteiger partial charge is 0.465 e. The molecule has 42 heavy (non-hydrogen) atoms. The molecule has 6 rings (SSSR count). The Hall–Kier alpha value is -5.55. The second-order valence-corrected chi connectivity index (χ2v) is 9.90. The quantitative estimate of drug-likeness (QED) is 0.218. The van der Waals surface area contributed by atoms with E-state index in [-0.39, 0.29) is 5.56 Å². The van der Waals surface area contributed by atoms with E-state index in [9.17, 15) is 9.59 Å². The number of carboxylic acid groups (broad SMARTS) is 1. The Labute approximate surface area is 244 Å². The van der Waals surface area contributed by atoms with E-state index in [4.69, 9.17) is 21.7 Å². The van der Waals surface area contributed by atoms with Gasteiger partial charge in [0, 0.05) is 46.7 Å². The standard InChI is InChI=1S/C30H23ClN8O3/c31-22-8-11-26(39-18-33-36-37-39)24(16-22)21-12-13-38(28(40)15-21)27(14-19-4-2-1-3-5-19)29-32-17-25(35-29)20-6-9-23(10-7-20)34-30(41)42/h1-13,15-18,27,34H,14H2,(H,32,35)(H,41,42)/t27-/m0/s1. The zero-order valence-corrected chi connectivity index (χ0v) is 22.7. The number of aromatic nitrogens is 7. The summed E-state index contributed by atoms with van der Waals surface area (Å²) in [4.78, 5) is 32.7. The molecule has 0 aliphatic heterocycles. The molecular formula is C30H23ClN8O3. The van der Waals surface area contributed by atoms with Crippen molar-refractivity contribution < 1.29 is 9.90 Å². The number of benzene rings is 3. The SMILES string of the molecule is O=C(O)Nc1ccc(-c2c[nH]c([C@H](Cc3ccccc3)n3ccc(-c4cc(Cl)ccc4-n4cnnn4)cc3=O)n2)cc1. The van der Waals surface area contributed by atoms with Crippen molar-refractivity contribution in [2.75, 3.05) is 5.32 Å². The summed E-state index contributed by atoms with van der Waals surface area (Å²) in [7, 11) is 0. The van der Waals surface area contributed by atoms with Gasteiger partial charge in [-0.3, -0.25) is 10.1 Å². The summed E-state index contributed by atoms with van der Waals surface area (Å²) in [6, 6.07) is 25.1. The number of imidazole rings is 1. The van der Waals surface area contributed by atoms with Gasteiger partial charge < -0.3 is 14.7 Å². The lowest BCUT2D eigenvalue weighted by molar-refractivity contribution is 0.209. The van der Waals surface area contributed by atoms with Crippen LogP contribution in [0.4, 0.5) is 10.5 Å². The van der Waals surface area contributed by atoms with Gasteiger partial charge in [-0.05, 0) is 58.0 Å². The number of rotatable bonds is 8. The number of anilines is 1. The number of hydrogen-bond donors (Lipinski definition) is 3. The number of halogens is 1. The van der Waals surface area contributed by atoms with E-state index >= 15 is 0 Å². The van der Waals surface area contributed by atoms with Gasteiger partial charge in [0.05, 0.1) is 17.4 Å². The topological polar surface area (TPSA) is 144 Å². The van der Waals surface area contributed by atoms with Gasteiger partial charge in [-0.2, -0.15) is 4.68 Å². The van der Waals surface area contributed by atoms with Crippen molar-refractivity contribution in [3.63, 3.8) is 0 Å².